The van der Waals surface area contributed by atoms with Gasteiger partial charge < -0.3 is 23.5 Å². The van der Waals surface area contributed by atoms with E-state index >= 15 is 0 Å². The van der Waals surface area contributed by atoms with E-state index in [1.54, 1.807) is 37.6 Å². The van der Waals surface area contributed by atoms with Crippen molar-refractivity contribution in [2.75, 3.05) is 27.2 Å². The summed E-state index contributed by atoms with van der Waals surface area (Å²) in [4.78, 5) is 19.6. The third-order valence-corrected chi connectivity index (χ3v) is 5.06. The lowest BCUT2D eigenvalue weighted by molar-refractivity contribution is -0.157. The van der Waals surface area contributed by atoms with Gasteiger partial charge in [-0.1, -0.05) is 18.2 Å². The molecule has 2 aromatic carbocycles. The third kappa shape index (κ3) is 4.46. The standard InChI is InChI=1S/C23H24N2O5/c1-25-13-11-18(15-25)30-23(26)21(29-17-9-7-16(27-2)8-10-17)19-5-3-4-6-20(19)22-24-12-14-28-22/h3-10,12,14,18,21H,11,13,15H2,1-2H3/t18-,21?/m1/s1. The molecule has 4 rings (SSSR count). The van der Waals surface area contributed by atoms with E-state index < -0.39 is 12.1 Å². The lowest BCUT2D eigenvalue weighted by Crippen LogP contribution is -2.28. The molecule has 2 heterocycles. The van der Waals surface area contributed by atoms with Gasteiger partial charge in [-0.25, -0.2) is 9.78 Å². The second kappa shape index (κ2) is 9.00. The maximum atomic E-state index is 13.2. The van der Waals surface area contributed by atoms with E-state index in [1.165, 1.54) is 6.26 Å². The zero-order chi connectivity index (χ0) is 20.9. The van der Waals surface area contributed by atoms with Crippen LogP contribution in [0, 0.1) is 0 Å². The number of methoxy groups -OCH3 is 1. The van der Waals surface area contributed by atoms with E-state index in [-0.39, 0.29) is 6.10 Å². The normalized spacial score (nSPS) is 17.5. The molecule has 7 heteroatoms. The molecule has 1 aliphatic heterocycles. The van der Waals surface area contributed by atoms with Crippen LogP contribution in [0.2, 0.25) is 0 Å². The minimum absolute atomic E-state index is 0.154. The van der Waals surface area contributed by atoms with E-state index in [2.05, 4.69) is 9.88 Å². The minimum Gasteiger partial charge on any atom is -0.497 e. The number of carbonyl (C=O) groups is 1. The molecule has 0 N–H and O–H groups in total. The largest absolute Gasteiger partial charge is 0.497 e. The van der Waals surface area contributed by atoms with Crippen LogP contribution in [0.4, 0.5) is 0 Å². The second-order valence-corrected chi connectivity index (χ2v) is 7.21. The Balaban J connectivity index is 1.65. The number of oxazole rings is 1. The lowest BCUT2D eigenvalue weighted by atomic mass is 10.0. The van der Waals surface area contributed by atoms with Gasteiger partial charge in [-0.15, -0.1) is 0 Å². The molecule has 0 bridgehead atoms. The fraction of sp³-hybridized carbons (Fsp3) is 0.304. The van der Waals surface area contributed by atoms with Crippen LogP contribution in [0.15, 0.2) is 65.4 Å². The molecule has 7 nitrogen and oxygen atoms in total. The number of rotatable bonds is 7. The first-order valence-electron chi connectivity index (χ1n) is 9.82. The van der Waals surface area contributed by atoms with Crippen molar-refractivity contribution in [2.45, 2.75) is 18.6 Å². The Morgan fingerprint density at radius 1 is 1.17 bits per heavy atom. The molecule has 0 radical (unpaired) electrons. The molecular formula is C23H24N2O5. The van der Waals surface area contributed by atoms with Crippen molar-refractivity contribution in [3.8, 4) is 23.0 Å². The van der Waals surface area contributed by atoms with Crippen LogP contribution in [0.5, 0.6) is 11.5 Å². The molecule has 30 heavy (non-hydrogen) atoms. The summed E-state index contributed by atoms with van der Waals surface area (Å²) in [5.41, 5.74) is 1.31. The molecule has 1 unspecified atom stereocenters. The van der Waals surface area contributed by atoms with E-state index in [9.17, 15) is 4.79 Å². The molecule has 0 saturated carbocycles. The number of nitrogens with zero attached hydrogens (tertiary/aromatic N) is 2. The SMILES string of the molecule is COc1ccc(OC(C(=O)O[C@@H]2CCN(C)C2)c2ccccc2-c2ncco2)cc1. The number of aromatic nitrogens is 1. The fourth-order valence-electron chi connectivity index (χ4n) is 3.52. The van der Waals surface area contributed by atoms with Gasteiger partial charge in [0.1, 0.15) is 23.9 Å². The van der Waals surface area contributed by atoms with E-state index in [1.807, 2.05) is 31.3 Å². The second-order valence-electron chi connectivity index (χ2n) is 7.21. The zero-order valence-electron chi connectivity index (χ0n) is 17.0. The average molecular weight is 408 g/mol. The van der Waals surface area contributed by atoms with Crippen LogP contribution in [-0.4, -0.2) is 49.2 Å². The highest BCUT2D eigenvalue weighted by molar-refractivity contribution is 5.80. The third-order valence-electron chi connectivity index (χ3n) is 5.06. The van der Waals surface area contributed by atoms with Crippen molar-refractivity contribution in [1.29, 1.82) is 0 Å². The molecule has 156 valence electrons. The summed E-state index contributed by atoms with van der Waals surface area (Å²) in [6.45, 7) is 1.61. The van der Waals surface area contributed by atoms with Gasteiger partial charge >= 0.3 is 5.97 Å². The number of ether oxygens (including phenoxy) is 3. The highest BCUT2D eigenvalue weighted by atomic mass is 16.6. The molecule has 0 spiro atoms. The average Bonchev–Trinajstić information content (AvgIpc) is 3.44. The molecule has 3 aromatic rings. The van der Waals surface area contributed by atoms with E-state index in [0.717, 1.165) is 13.0 Å². The van der Waals surface area contributed by atoms with Crippen LogP contribution in [-0.2, 0) is 9.53 Å². The fourth-order valence-corrected chi connectivity index (χ4v) is 3.52. The predicted molar refractivity (Wildman–Crippen MR) is 110 cm³/mol. The van der Waals surface area contributed by atoms with Crippen molar-refractivity contribution in [3.63, 3.8) is 0 Å². The number of esters is 1. The summed E-state index contributed by atoms with van der Waals surface area (Å²) in [7, 11) is 3.61. The van der Waals surface area contributed by atoms with Gasteiger partial charge in [0.15, 0.2) is 0 Å². The summed E-state index contributed by atoms with van der Waals surface area (Å²) in [5.74, 6) is 1.21. The minimum atomic E-state index is -0.965. The summed E-state index contributed by atoms with van der Waals surface area (Å²) < 4.78 is 22.6. The van der Waals surface area contributed by atoms with E-state index in [4.69, 9.17) is 18.6 Å². The first kappa shape index (κ1) is 20.0. The van der Waals surface area contributed by atoms with E-state index in [0.29, 0.717) is 35.1 Å². The van der Waals surface area contributed by atoms with Crippen molar-refractivity contribution in [1.82, 2.24) is 9.88 Å². The number of likely N-dealkylation sites (N-methyl/N-ethyl adjacent to an activating group) is 1. The van der Waals surface area contributed by atoms with Crippen molar-refractivity contribution < 1.29 is 23.4 Å². The van der Waals surface area contributed by atoms with Gasteiger partial charge in [-0.2, -0.15) is 0 Å². The smallest absolute Gasteiger partial charge is 0.352 e. The monoisotopic (exact) mass is 408 g/mol. The molecule has 0 aliphatic carbocycles. The Labute approximate surface area is 175 Å². The summed E-state index contributed by atoms with van der Waals surface area (Å²) >= 11 is 0. The van der Waals surface area contributed by atoms with Crippen molar-refractivity contribution in [3.05, 3.63) is 66.6 Å². The number of benzene rings is 2. The summed E-state index contributed by atoms with van der Waals surface area (Å²) in [6.07, 6.45) is 2.75. The molecular weight excluding hydrogens is 384 g/mol. The molecule has 1 saturated heterocycles. The van der Waals surface area contributed by atoms with Gasteiger partial charge in [0, 0.05) is 24.2 Å². The first-order valence-corrected chi connectivity index (χ1v) is 9.82. The van der Waals surface area contributed by atoms with Crippen LogP contribution in [0.3, 0.4) is 0 Å². The van der Waals surface area contributed by atoms with Gasteiger partial charge in [-0.3, -0.25) is 0 Å². The van der Waals surface area contributed by atoms with Crippen LogP contribution in [0.25, 0.3) is 11.5 Å². The van der Waals surface area contributed by atoms with Crippen molar-refractivity contribution >= 4 is 5.97 Å². The Kier molecular flexibility index (Phi) is 5.99. The van der Waals surface area contributed by atoms with Gasteiger partial charge in [0.05, 0.1) is 13.3 Å². The number of hydrogen-bond acceptors (Lipinski definition) is 7. The van der Waals surface area contributed by atoms with Gasteiger partial charge in [0.25, 0.3) is 0 Å². The molecule has 1 aliphatic rings. The quantitative estimate of drug-likeness (QED) is 0.552. The molecule has 0 amide bonds. The van der Waals surface area contributed by atoms with Crippen molar-refractivity contribution in [2.24, 2.45) is 0 Å². The maximum absolute atomic E-state index is 13.2. The highest BCUT2D eigenvalue weighted by Crippen LogP contribution is 2.32. The summed E-state index contributed by atoms with van der Waals surface area (Å²) in [5, 5.41) is 0. The maximum Gasteiger partial charge on any atom is 0.352 e. The van der Waals surface area contributed by atoms with Crippen LogP contribution < -0.4 is 9.47 Å². The molecule has 1 aromatic heterocycles. The first-order chi connectivity index (χ1) is 14.6. The van der Waals surface area contributed by atoms with Gasteiger partial charge in [0.2, 0.25) is 12.0 Å². The molecule has 2 atom stereocenters. The topological polar surface area (TPSA) is 74.0 Å². The Morgan fingerprint density at radius 3 is 2.60 bits per heavy atom. The van der Waals surface area contributed by atoms with Crippen LogP contribution in [0.1, 0.15) is 18.1 Å². The predicted octanol–water partition coefficient (Wildman–Crippen LogP) is 3.72. The lowest BCUT2D eigenvalue weighted by Gasteiger charge is -2.22. The highest BCUT2D eigenvalue weighted by Gasteiger charge is 2.32. The van der Waals surface area contributed by atoms with Crippen LogP contribution >= 0.6 is 0 Å². The summed E-state index contributed by atoms with van der Waals surface area (Å²) in [6, 6.07) is 14.5. The Bertz CT molecular complexity index is 972. The number of carbonyl (C=O) groups excluding carboxylic acids is 1. The molecule has 1 fully saturated rings. The zero-order valence-corrected chi connectivity index (χ0v) is 17.0. The number of hydrogen-bond donors (Lipinski definition) is 0. The van der Waals surface area contributed by atoms with Gasteiger partial charge in [-0.05, 0) is 43.8 Å². The Morgan fingerprint density at radius 2 is 1.93 bits per heavy atom. The Hall–Kier alpha value is -3.32. The number of likely N-dealkylation sites (tertiary alicyclic amines) is 1.